The van der Waals surface area contributed by atoms with Gasteiger partial charge in [0, 0.05) is 13.1 Å². The number of likely N-dealkylation sites (tertiary alicyclic amines) is 1. The fraction of sp³-hybridized carbons (Fsp3) is 0.833. The molecule has 1 radical (unpaired) electrons. The number of nitrogens with one attached hydrogen (secondary N) is 1. The van der Waals surface area contributed by atoms with E-state index in [1.165, 1.54) is 4.90 Å². The molecule has 57 valence electrons. The Labute approximate surface area is 59.6 Å². The van der Waals surface area contributed by atoms with Crippen molar-refractivity contribution in [1.29, 1.82) is 0 Å². The molecular weight excluding hydrogens is 132 g/mol. The van der Waals surface area contributed by atoms with Crippen LogP contribution in [0, 0.1) is 0 Å². The number of aliphatic hydroxyl groups excluding tert-OH is 1. The first-order chi connectivity index (χ1) is 4.70. The van der Waals surface area contributed by atoms with Gasteiger partial charge in [-0.1, -0.05) is 0 Å². The van der Waals surface area contributed by atoms with Crippen LogP contribution in [0.5, 0.6) is 0 Å². The van der Waals surface area contributed by atoms with Crippen LogP contribution in [-0.2, 0) is 0 Å². The zero-order chi connectivity index (χ0) is 7.56. The van der Waals surface area contributed by atoms with Gasteiger partial charge in [-0.05, 0) is 12.8 Å². The fourth-order valence-corrected chi connectivity index (χ4v) is 1.07. The number of hydrogen-bond acceptors (Lipinski definition) is 2. The van der Waals surface area contributed by atoms with E-state index in [1.54, 1.807) is 0 Å². The molecule has 1 heterocycles. The molecule has 10 heavy (non-hydrogen) atoms. The molecule has 1 rings (SSSR count). The van der Waals surface area contributed by atoms with Gasteiger partial charge in [-0.15, -0.1) is 0 Å². The van der Waals surface area contributed by atoms with Gasteiger partial charge in [-0.2, -0.15) is 0 Å². The summed E-state index contributed by atoms with van der Waals surface area (Å²) in [6.45, 7) is 1.06. The Morgan fingerprint density at radius 3 is 2.40 bits per heavy atom. The summed E-state index contributed by atoms with van der Waals surface area (Å²) in [4.78, 5) is 11.9. The summed E-state index contributed by atoms with van der Waals surface area (Å²) in [6.07, 6.45) is 0.963. The van der Waals surface area contributed by atoms with Gasteiger partial charge in [0.2, 0.25) is 0 Å². The molecule has 0 unspecified atom stereocenters. The van der Waals surface area contributed by atoms with Crippen molar-refractivity contribution in [1.82, 2.24) is 10.6 Å². The largest absolute Gasteiger partial charge is 0.393 e. The molecule has 1 saturated heterocycles. The molecule has 4 nitrogen and oxygen atoms in total. The minimum Gasteiger partial charge on any atom is -0.393 e. The molecule has 0 saturated carbocycles. The summed E-state index contributed by atoms with van der Waals surface area (Å²) in [5, 5.41) is 9.01. The smallest absolute Gasteiger partial charge is 0.336 e. The minimum absolute atomic E-state index is 0.268. The van der Waals surface area contributed by atoms with Gasteiger partial charge in [0.1, 0.15) is 0 Å². The lowest BCUT2D eigenvalue weighted by Crippen LogP contribution is -2.39. The second-order valence-corrected chi connectivity index (χ2v) is 2.52. The number of amides is 2. The molecule has 0 aromatic rings. The van der Waals surface area contributed by atoms with Crippen LogP contribution in [0.4, 0.5) is 4.79 Å². The first kappa shape index (κ1) is 7.34. The summed E-state index contributed by atoms with van der Waals surface area (Å²) in [5.74, 6) is 0. The van der Waals surface area contributed by atoms with E-state index in [9.17, 15) is 4.79 Å². The molecule has 0 spiro atoms. The Morgan fingerprint density at radius 1 is 1.50 bits per heavy atom. The number of carbonyl (C=O) groups is 1. The molecule has 0 aliphatic carbocycles. The minimum atomic E-state index is -0.633. The Morgan fingerprint density at radius 2 is 2.00 bits per heavy atom. The maximum absolute atomic E-state index is 10.4. The van der Waals surface area contributed by atoms with Crippen LogP contribution in [0.2, 0.25) is 0 Å². The Balaban J connectivity index is 2.33. The number of rotatable bonds is 0. The van der Waals surface area contributed by atoms with Crippen LogP contribution in [0.1, 0.15) is 12.8 Å². The Kier molecular flexibility index (Phi) is 2.11. The van der Waals surface area contributed by atoms with E-state index in [4.69, 9.17) is 10.8 Å². The van der Waals surface area contributed by atoms with E-state index in [2.05, 4.69) is 0 Å². The summed E-state index contributed by atoms with van der Waals surface area (Å²) < 4.78 is 0. The maximum atomic E-state index is 10.4. The third-order valence-corrected chi connectivity index (χ3v) is 1.75. The average molecular weight is 143 g/mol. The average Bonchev–Trinajstić information content (AvgIpc) is 1.88. The second-order valence-electron chi connectivity index (χ2n) is 2.52. The molecule has 1 aliphatic rings. The fourth-order valence-electron chi connectivity index (χ4n) is 1.07. The molecule has 0 aromatic carbocycles. The highest BCUT2D eigenvalue weighted by Gasteiger charge is 2.18. The number of hydrogen-bond donors (Lipinski definition) is 1. The van der Waals surface area contributed by atoms with Crippen molar-refractivity contribution < 1.29 is 9.90 Å². The number of aliphatic hydroxyl groups is 1. The van der Waals surface area contributed by atoms with E-state index < -0.39 is 6.03 Å². The Bertz CT molecular complexity index is 130. The monoisotopic (exact) mass is 143 g/mol. The molecule has 0 atom stereocenters. The third kappa shape index (κ3) is 1.60. The van der Waals surface area contributed by atoms with Gasteiger partial charge in [-0.3, -0.25) is 0 Å². The van der Waals surface area contributed by atoms with E-state index in [0.29, 0.717) is 25.9 Å². The highest BCUT2D eigenvalue weighted by Crippen LogP contribution is 2.08. The van der Waals surface area contributed by atoms with Gasteiger partial charge < -0.3 is 10.0 Å². The van der Waals surface area contributed by atoms with Crippen molar-refractivity contribution in [2.45, 2.75) is 18.9 Å². The summed E-state index contributed by atoms with van der Waals surface area (Å²) >= 11 is 0. The molecule has 2 N–H and O–H groups in total. The molecule has 4 heteroatoms. The van der Waals surface area contributed by atoms with Gasteiger partial charge in [0.15, 0.2) is 0 Å². The van der Waals surface area contributed by atoms with Gasteiger partial charge in [-0.25, -0.2) is 10.5 Å². The van der Waals surface area contributed by atoms with Crippen molar-refractivity contribution in [3.8, 4) is 0 Å². The number of urea groups is 1. The lowest BCUT2D eigenvalue weighted by Gasteiger charge is -2.27. The molecule has 0 aromatic heterocycles. The van der Waals surface area contributed by atoms with Crippen molar-refractivity contribution >= 4 is 6.03 Å². The lowest BCUT2D eigenvalue weighted by molar-refractivity contribution is 0.0957. The quantitative estimate of drug-likeness (QED) is 0.512. The van der Waals surface area contributed by atoms with E-state index in [-0.39, 0.29) is 6.10 Å². The van der Waals surface area contributed by atoms with E-state index in [1.807, 2.05) is 0 Å². The first-order valence-corrected chi connectivity index (χ1v) is 3.38. The topological polar surface area (TPSA) is 64.3 Å². The zero-order valence-corrected chi connectivity index (χ0v) is 5.71. The second kappa shape index (κ2) is 2.88. The van der Waals surface area contributed by atoms with Crippen molar-refractivity contribution in [3.05, 3.63) is 0 Å². The number of carbonyl (C=O) groups excluding carboxylic acids is 1. The predicted molar refractivity (Wildman–Crippen MR) is 35.3 cm³/mol. The number of piperidine rings is 1. The zero-order valence-electron chi connectivity index (χ0n) is 5.71. The van der Waals surface area contributed by atoms with Crippen molar-refractivity contribution in [3.63, 3.8) is 0 Å². The standard InChI is InChI=1S/C6H11N2O2/c7-6(10)8-3-1-5(9)2-4-8/h5,7,9H,1-4H2. The van der Waals surface area contributed by atoms with Gasteiger partial charge in [0.05, 0.1) is 6.10 Å². The van der Waals surface area contributed by atoms with Crippen LogP contribution in [-0.4, -0.2) is 35.2 Å². The SMILES string of the molecule is [NH]C(=O)N1CCC(O)CC1. The van der Waals surface area contributed by atoms with E-state index in [0.717, 1.165) is 0 Å². The van der Waals surface area contributed by atoms with Crippen LogP contribution < -0.4 is 5.73 Å². The van der Waals surface area contributed by atoms with Gasteiger partial charge >= 0.3 is 6.03 Å². The van der Waals surface area contributed by atoms with Crippen LogP contribution in [0.15, 0.2) is 0 Å². The van der Waals surface area contributed by atoms with Crippen LogP contribution in [0.3, 0.4) is 0 Å². The number of nitrogens with zero attached hydrogens (tertiary/aromatic N) is 1. The van der Waals surface area contributed by atoms with Crippen molar-refractivity contribution in [2.24, 2.45) is 0 Å². The molecule has 1 aliphatic heterocycles. The summed E-state index contributed by atoms with van der Waals surface area (Å²) in [7, 11) is 0. The third-order valence-electron chi connectivity index (χ3n) is 1.75. The highest BCUT2D eigenvalue weighted by molar-refractivity contribution is 5.71. The summed E-state index contributed by atoms with van der Waals surface area (Å²) in [6, 6.07) is -0.633. The lowest BCUT2D eigenvalue weighted by atomic mass is 10.1. The van der Waals surface area contributed by atoms with Crippen molar-refractivity contribution in [2.75, 3.05) is 13.1 Å². The summed E-state index contributed by atoms with van der Waals surface area (Å²) in [5.41, 5.74) is 6.74. The predicted octanol–water partition coefficient (Wildman–Crippen LogP) is -0.154. The van der Waals surface area contributed by atoms with Crippen LogP contribution >= 0.6 is 0 Å². The molecule has 0 bridgehead atoms. The maximum Gasteiger partial charge on any atom is 0.336 e. The first-order valence-electron chi connectivity index (χ1n) is 3.38. The van der Waals surface area contributed by atoms with Gasteiger partial charge in [0.25, 0.3) is 0 Å². The van der Waals surface area contributed by atoms with Crippen LogP contribution in [0.25, 0.3) is 0 Å². The Hall–Kier alpha value is -0.770. The molecule has 2 amide bonds. The normalized spacial score (nSPS) is 21.1. The van der Waals surface area contributed by atoms with E-state index >= 15 is 0 Å². The highest BCUT2D eigenvalue weighted by atomic mass is 16.3. The molecular formula is C6H11N2O2. The molecule has 1 fully saturated rings.